The molecule has 3 rings (SSSR count). The van der Waals surface area contributed by atoms with Gasteiger partial charge in [0, 0.05) is 11.3 Å². The van der Waals surface area contributed by atoms with Crippen molar-refractivity contribution in [2.24, 2.45) is 0 Å². The van der Waals surface area contributed by atoms with Crippen LogP contribution >= 0.6 is 23.2 Å². The number of anilines is 3. The first kappa shape index (κ1) is 17.5. The minimum Gasteiger partial charge on any atom is -0.368 e. The van der Waals surface area contributed by atoms with Crippen LogP contribution in [0.25, 0.3) is 11.1 Å². The van der Waals surface area contributed by atoms with E-state index >= 15 is 0 Å². The summed E-state index contributed by atoms with van der Waals surface area (Å²) in [5.74, 6) is 0.421. The molecule has 0 radical (unpaired) electrons. The maximum Gasteiger partial charge on any atom is 0.294 e. The summed E-state index contributed by atoms with van der Waals surface area (Å²) in [5, 5.41) is 9.90. The van der Waals surface area contributed by atoms with Crippen LogP contribution in [0, 0.1) is 0 Å². The predicted molar refractivity (Wildman–Crippen MR) is 95.8 cm³/mol. The molecule has 3 aromatic rings. The predicted octanol–water partition coefficient (Wildman–Crippen LogP) is 3.35. The second kappa shape index (κ2) is 6.52. The lowest BCUT2D eigenvalue weighted by Gasteiger charge is -2.11. The zero-order chi connectivity index (χ0) is 18.2. The lowest BCUT2D eigenvalue weighted by atomic mass is 10.1. The topological polar surface area (TPSA) is 134 Å². The summed E-state index contributed by atoms with van der Waals surface area (Å²) in [5.41, 5.74) is 7.11. The molecule has 25 heavy (non-hydrogen) atoms. The van der Waals surface area contributed by atoms with Gasteiger partial charge in [0.25, 0.3) is 10.1 Å². The summed E-state index contributed by atoms with van der Waals surface area (Å²) in [6, 6.07) is 8.76. The highest BCUT2D eigenvalue weighted by molar-refractivity contribution is 7.85. The van der Waals surface area contributed by atoms with Crippen LogP contribution < -0.4 is 11.1 Å². The summed E-state index contributed by atoms with van der Waals surface area (Å²) >= 11 is 12.6. The van der Waals surface area contributed by atoms with Crippen molar-refractivity contribution >= 4 is 50.9 Å². The Balaban J connectivity index is 1.95. The van der Waals surface area contributed by atoms with E-state index in [9.17, 15) is 8.42 Å². The smallest absolute Gasteiger partial charge is 0.294 e. The van der Waals surface area contributed by atoms with E-state index in [1.807, 2.05) is 0 Å². The fourth-order valence-electron chi connectivity index (χ4n) is 2.17. The van der Waals surface area contributed by atoms with Crippen molar-refractivity contribution in [1.82, 2.24) is 15.2 Å². The molecule has 11 heteroatoms. The Morgan fingerprint density at radius 3 is 2.20 bits per heavy atom. The van der Waals surface area contributed by atoms with Gasteiger partial charge in [0.05, 0.1) is 14.9 Å². The molecule has 0 aliphatic rings. The number of hydrogen-bond donors (Lipinski definition) is 4. The first-order valence-electron chi connectivity index (χ1n) is 6.76. The van der Waals surface area contributed by atoms with E-state index in [0.29, 0.717) is 26.9 Å². The molecule has 1 heterocycles. The fraction of sp³-hybridized carbons (Fsp3) is 0. The number of H-pyrrole nitrogens is 1. The Morgan fingerprint density at radius 2 is 1.72 bits per heavy atom. The third-order valence-corrected chi connectivity index (χ3v) is 4.71. The Hall–Kier alpha value is -2.33. The molecule has 8 nitrogen and oxygen atoms in total. The van der Waals surface area contributed by atoms with Crippen LogP contribution in [0.5, 0.6) is 0 Å². The normalized spacial score (nSPS) is 11.5. The second-order valence-corrected chi connectivity index (χ2v) is 7.22. The van der Waals surface area contributed by atoms with E-state index < -0.39 is 10.1 Å². The number of rotatable bonds is 4. The van der Waals surface area contributed by atoms with Crippen LogP contribution in [-0.4, -0.2) is 28.2 Å². The van der Waals surface area contributed by atoms with Crippen molar-refractivity contribution in [1.29, 1.82) is 0 Å². The van der Waals surface area contributed by atoms with Gasteiger partial charge in [-0.2, -0.15) is 13.4 Å². The van der Waals surface area contributed by atoms with Crippen molar-refractivity contribution < 1.29 is 13.0 Å². The monoisotopic (exact) mass is 399 g/mol. The maximum absolute atomic E-state index is 11.1. The SMILES string of the molecule is Nc1nc(Nc2cc(Cl)c(-c3ccc(S(=O)(=O)O)cc3)c(Cl)c2)n[nH]1. The number of halogens is 2. The van der Waals surface area contributed by atoms with E-state index in [1.54, 1.807) is 12.1 Å². The van der Waals surface area contributed by atoms with Crippen molar-refractivity contribution in [3.05, 3.63) is 46.4 Å². The number of nitrogens with zero attached hydrogens (tertiary/aromatic N) is 2. The molecule has 2 aromatic carbocycles. The Bertz CT molecular complexity index is 1010. The molecule has 0 bridgehead atoms. The molecular formula is C14H11Cl2N5O3S. The zero-order valence-corrected chi connectivity index (χ0v) is 14.7. The molecule has 130 valence electrons. The standard InChI is InChI=1S/C14H11Cl2N5O3S/c15-10-5-8(18-14-19-13(17)20-21-14)6-11(16)12(10)7-1-3-9(4-2-7)25(22,23)24/h1-6H,(H,22,23,24)(H4,17,18,19,20,21). The maximum atomic E-state index is 11.1. The molecule has 0 fully saturated rings. The van der Waals surface area contributed by atoms with Gasteiger partial charge in [-0.15, -0.1) is 5.10 Å². The molecule has 0 atom stereocenters. The molecule has 0 spiro atoms. The van der Waals surface area contributed by atoms with Gasteiger partial charge in [0.15, 0.2) is 0 Å². The Morgan fingerprint density at radius 1 is 1.12 bits per heavy atom. The molecule has 0 aliphatic carbocycles. The molecule has 0 unspecified atom stereocenters. The minimum atomic E-state index is -4.26. The number of nitrogens with two attached hydrogens (primary N) is 1. The fourth-order valence-corrected chi connectivity index (χ4v) is 3.36. The van der Waals surface area contributed by atoms with Gasteiger partial charge >= 0.3 is 0 Å². The summed E-state index contributed by atoms with van der Waals surface area (Å²) < 4.78 is 31.2. The van der Waals surface area contributed by atoms with Gasteiger partial charge in [0.1, 0.15) is 0 Å². The zero-order valence-electron chi connectivity index (χ0n) is 12.4. The number of hydrogen-bond acceptors (Lipinski definition) is 6. The molecule has 0 saturated carbocycles. The quantitative estimate of drug-likeness (QED) is 0.494. The average molecular weight is 400 g/mol. The molecule has 0 amide bonds. The van der Waals surface area contributed by atoms with Crippen molar-refractivity contribution in [3.8, 4) is 11.1 Å². The van der Waals surface area contributed by atoms with Crippen molar-refractivity contribution in [2.75, 3.05) is 11.1 Å². The van der Waals surface area contributed by atoms with E-state index in [0.717, 1.165) is 0 Å². The molecule has 5 N–H and O–H groups in total. The summed E-state index contributed by atoms with van der Waals surface area (Å²) in [6.45, 7) is 0. The van der Waals surface area contributed by atoms with E-state index in [4.69, 9.17) is 33.5 Å². The largest absolute Gasteiger partial charge is 0.368 e. The minimum absolute atomic E-state index is 0.162. The first-order valence-corrected chi connectivity index (χ1v) is 8.95. The van der Waals surface area contributed by atoms with Crippen LogP contribution in [0.4, 0.5) is 17.6 Å². The van der Waals surface area contributed by atoms with Crippen LogP contribution in [0.15, 0.2) is 41.3 Å². The molecule has 0 saturated heterocycles. The third-order valence-electron chi connectivity index (χ3n) is 3.24. The molecule has 1 aromatic heterocycles. The summed E-state index contributed by atoms with van der Waals surface area (Å²) in [4.78, 5) is 3.69. The highest BCUT2D eigenvalue weighted by atomic mass is 35.5. The van der Waals surface area contributed by atoms with Gasteiger partial charge in [-0.1, -0.05) is 35.3 Å². The average Bonchev–Trinajstić information content (AvgIpc) is 2.91. The van der Waals surface area contributed by atoms with Crippen molar-refractivity contribution in [2.45, 2.75) is 4.90 Å². The van der Waals surface area contributed by atoms with Gasteiger partial charge in [-0.3, -0.25) is 4.55 Å². The number of nitrogen functional groups attached to an aromatic ring is 1. The summed E-state index contributed by atoms with van der Waals surface area (Å²) in [7, 11) is -4.26. The van der Waals surface area contributed by atoms with E-state index in [1.165, 1.54) is 24.3 Å². The van der Waals surface area contributed by atoms with Crippen molar-refractivity contribution in [3.63, 3.8) is 0 Å². The molecule has 0 aliphatic heterocycles. The Kier molecular flexibility index (Phi) is 4.56. The van der Waals surface area contributed by atoms with Crippen LogP contribution in [0.1, 0.15) is 0 Å². The molecular weight excluding hydrogens is 389 g/mol. The summed E-state index contributed by atoms with van der Waals surface area (Å²) in [6.07, 6.45) is 0. The van der Waals surface area contributed by atoms with Gasteiger partial charge in [0.2, 0.25) is 11.9 Å². The van der Waals surface area contributed by atoms with Gasteiger partial charge < -0.3 is 11.1 Å². The first-order chi connectivity index (χ1) is 11.7. The number of benzene rings is 2. The number of nitrogens with one attached hydrogen (secondary N) is 2. The van der Waals surface area contributed by atoms with Gasteiger partial charge in [-0.05, 0) is 29.8 Å². The third kappa shape index (κ3) is 3.85. The van der Waals surface area contributed by atoms with Crippen LogP contribution in [0.2, 0.25) is 10.0 Å². The highest BCUT2D eigenvalue weighted by Crippen LogP contribution is 2.38. The van der Waals surface area contributed by atoms with Gasteiger partial charge in [-0.25, -0.2) is 5.10 Å². The Labute approximate surface area is 152 Å². The van der Waals surface area contributed by atoms with E-state index in [2.05, 4.69) is 20.5 Å². The second-order valence-electron chi connectivity index (χ2n) is 4.98. The number of aromatic amines is 1. The van der Waals surface area contributed by atoms with Crippen LogP contribution in [0.3, 0.4) is 0 Å². The number of aromatic nitrogens is 3. The lowest BCUT2D eigenvalue weighted by Crippen LogP contribution is -1.97. The highest BCUT2D eigenvalue weighted by Gasteiger charge is 2.14. The lowest BCUT2D eigenvalue weighted by molar-refractivity contribution is 0.483. The van der Waals surface area contributed by atoms with E-state index in [-0.39, 0.29) is 16.8 Å². The van der Waals surface area contributed by atoms with Crippen LogP contribution in [-0.2, 0) is 10.1 Å².